The molecule has 1 unspecified atom stereocenters. The van der Waals surface area contributed by atoms with Gasteiger partial charge in [-0.1, -0.05) is 51.1 Å². The average molecular weight is 425 g/mol. The molecule has 0 aliphatic carbocycles. The molecule has 3 rings (SSSR count). The first-order valence-corrected chi connectivity index (χ1v) is 11.2. The van der Waals surface area contributed by atoms with Gasteiger partial charge in [0.05, 0.1) is 23.6 Å². The number of likely N-dealkylation sites (tertiary alicyclic amines) is 1. The van der Waals surface area contributed by atoms with Crippen molar-refractivity contribution >= 4 is 17.6 Å². The van der Waals surface area contributed by atoms with Crippen molar-refractivity contribution in [1.29, 1.82) is 0 Å². The minimum Gasteiger partial charge on any atom is -0.342 e. The van der Waals surface area contributed by atoms with Crippen molar-refractivity contribution in [2.75, 3.05) is 18.4 Å². The third kappa shape index (κ3) is 5.75. The van der Waals surface area contributed by atoms with E-state index in [1.165, 1.54) is 0 Å². The van der Waals surface area contributed by atoms with Crippen LogP contribution in [0, 0.1) is 5.92 Å². The molecule has 1 N–H and O–H groups in total. The molecule has 6 nitrogen and oxygen atoms in total. The Morgan fingerprint density at radius 3 is 2.39 bits per heavy atom. The highest BCUT2D eigenvalue weighted by Crippen LogP contribution is 2.29. The molecule has 1 fully saturated rings. The third-order valence-corrected chi connectivity index (χ3v) is 5.71. The van der Waals surface area contributed by atoms with Crippen LogP contribution in [0.5, 0.6) is 0 Å². The molecule has 1 aromatic carbocycles. The van der Waals surface area contributed by atoms with E-state index in [1.807, 2.05) is 46.0 Å². The van der Waals surface area contributed by atoms with Gasteiger partial charge in [-0.15, -0.1) is 0 Å². The molecular weight excluding hydrogens is 388 g/mol. The molecule has 0 radical (unpaired) electrons. The van der Waals surface area contributed by atoms with Gasteiger partial charge in [0.2, 0.25) is 11.8 Å². The summed E-state index contributed by atoms with van der Waals surface area (Å²) in [4.78, 5) is 27.8. The first-order chi connectivity index (χ1) is 14.4. The second-order valence-corrected chi connectivity index (χ2v) is 10.6. The first kappa shape index (κ1) is 23.0. The number of hydrogen-bond donors (Lipinski definition) is 1. The van der Waals surface area contributed by atoms with Gasteiger partial charge in [0.15, 0.2) is 0 Å². The SMILES string of the molecule is CC(C)(C)c1cc(NC(=O)C2CCCN(C(=O)Cc3ccccc3)C2)n(C(C)(C)C)n1. The topological polar surface area (TPSA) is 67.2 Å². The summed E-state index contributed by atoms with van der Waals surface area (Å²) in [7, 11) is 0. The van der Waals surface area contributed by atoms with Crippen LogP contribution in [0.3, 0.4) is 0 Å². The number of nitrogens with one attached hydrogen (secondary N) is 1. The van der Waals surface area contributed by atoms with Crippen molar-refractivity contribution in [3.05, 3.63) is 47.7 Å². The lowest BCUT2D eigenvalue weighted by atomic mass is 9.92. The Hall–Kier alpha value is -2.63. The lowest BCUT2D eigenvalue weighted by Crippen LogP contribution is -2.44. The lowest BCUT2D eigenvalue weighted by molar-refractivity contribution is -0.133. The highest BCUT2D eigenvalue weighted by molar-refractivity contribution is 5.92. The molecule has 0 saturated carbocycles. The van der Waals surface area contributed by atoms with Crippen LogP contribution in [0.25, 0.3) is 0 Å². The van der Waals surface area contributed by atoms with E-state index in [1.54, 1.807) is 0 Å². The zero-order valence-corrected chi connectivity index (χ0v) is 19.7. The maximum atomic E-state index is 13.1. The van der Waals surface area contributed by atoms with Gasteiger partial charge in [-0.3, -0.25) is 9.59 Å². The van der Waals surface area contributed by atoms with E-state index in [4.69, 9.17) is 5.10 Å². The maximum Gasteiger partial charge on any atom is 0.230 e. The molecule has 1 aliphatic heterocycles. The molecule has 1 saturated heterocycles. The third-order valence-electron chi connectivity index (χ3n) is 5.71. The molecule has 0 bridgehead atoms. The monoisotopic (exact) mass is 424 g/mol. The summed E-state index contributed by atoms with van der Waals surface area (Å²) in [5.74, 6) is 0.548. The van der Waals surface area contributed by atoms with Gasteiger partial charge >= 0.3 is 0 Å². The van der Waals surface area contributed by atoms with Crippen molar-refractivity contribution in [3.8, 4) is 0 Å². The fourth-order valence-corrected chi connectivity index (χ4v) is 3.88. The second-order valence-electron chi connectivity index (χ2n) is 10.6. The smallest absolute Gasteiger partial charge is 0.230 e. The van der Waals surface area contributed by atoms with Crippen molar-refractivity contribution in [2.24, 2.45) is 5.92 Å². The van der Waals surface area contributed by atoms with Gasteiger partial charge in [-0.2, -0.15) is 5.10 Å². The zero-order chi connectivity index (χ0) is 22.8. The highest BCUT2D eigenvalue weighted by Gasteiger charge is 2.31. The number of carbonyl (C=O) groups is 2. The van der Waals surface area contributed by atoms with Crippen LogP contribution in [-0.2, 0) is 27.0 Å². The van der Waals surface area contributed by atoms with Gasteiger partial charge in [-0.05, 0) is 39.2 Å². The molecular formula is C25H36N4O2. The number of carbonyl (C=O) groups excluding carboxylic acids is 2. The fourth-order valence-electron chi connectivity index (χ4n) is 3.88. The van der Waals surface area contributed by atoms with Gasteiger partial charge in [0.25, 0.3) is 0 Å². The van der Waals surface area contributed by atoms with Crippen molar-refractivity contribution in [3.63, 3.8) is 0 Å². The van der Waals surface area contributed by atoms with E-state index in [0.717, 1.165) is 29.9 Å². The van der Waals surface area contributed by atoms with E-state index >= 15 is 0 Å². The number of anilines is 1. The molecule has 1 aromatic heterocycles. The Morgan fingerprint density at radius 1 is 1.10 bits per heavy atom. The normalized spacial score (nSPS) is 17.5. The van der Waals surface area contributed by atoms with Crippen LogP contribution in [0.4, 0.5) is 5.82 Å². The molecule has 2 amide bonds. The summed E-state index contributed by atoms with van der Waals surface area (Å²) in [6.45, 7) is 13.8. The van der Waals surface area contributed by atoms with Gasteiger partial charge in [0, 0.05) is 24.6 Å². The molecule has 31 heavy (non-hydrogen) atoms. The number of aromatic nitrogens is 2. The fraction of sp³-hybridized carbons (Fsp3) is 0.560. The zero-order valence-electron chi connectivity index (χ0n) is 19.7. The van der Waals surface area contributed by atoms with Crippen LogP contribution in [0.1, 0.15) is 65.6 Å². The van der Waals surface area contributed by atoms with E-state index in [9.17, 15) is 9.59 Å². The van der Waals surface area contributed by atoms with Gasteiger partial charge in [-0.25, -0.2) is 4.68 Å². The standard InChI is InChI=1S/C25H36N4O2/c1-24(2,3)20-16-21(29(27-20)25(4,5)6)26-23(31)19-13-10-14-28(17-19)22(30)15-18-11-8-7-9-12-18/h7-9,11-12,16,19H,10,13-15,17H2,1-6H3,(H,26,31). The first-order valence-electron chi connectivity index (χ1n) is 11.2. The summed E-state index contributed by atoms with van der Waals surface area (Å²) in [6.07, 6.45) is 2.00. The van der Waals surface area contributed by atoms with E-state index in [2.05, 4.69) is 46.9 Å². The summed E-state index contributed by atoms with van der Waals surface area (Å²) in [5, 5.41) is 7.89. The average Bonchev–Trinajstić information content (AvgIpc) is 3.13. The summed E-state index contributed by atoms with van der Waals surface area (Å²) in [6, 6.07) is 11.7. The molecule has 168 valence electrons. The predicted octanol–water partition coefficient (Wildman–Crippen LogP) is 4.36. The Kier molecular flexibility index (Phi) is 6.58. The van der Waals surface area contributed by atoms with Crippen LogP contribution in [0.15, 0.2) is 36.4 Å². The molecule has 1 atom stereocenters. The number of benzene rings is 1. The lowest BCUT2D eigenvalue weighted by Gasteiger charge is -2.32. The summed E-state index contributed by atoms with van der Waals surface area (Å²) >= 11 is 0. The molecule has 0 spiro atoms. The van der Waals surface area contributed by atoms with Crippen LogP contribution >= 0.6 is 0 Å². The van der Waals surface area contributed by atoms with Crippen molar-refractivity contribution in [2.45, 2.75) is 71.8 Å². The van der Waals surface area contributed by atoms with Crippen LogP contribution in [0.2, 0.25) is 0 Å². The van der Waals surface area contributed by atoms with Crippen LogP contribution < -0.4 is 5.32 Å². The molecule has 6 heteroatoms. The quantitative estimate of drug-likeness (QED) is 0.793. The number of piperidine rings is 1. The Balaban J connectivity index is 1.70. The van der Waals surface area contributed by atoms with E-state index in [-0.39, 0.29) is 28.7 Å². The molecule has 1 aliphatic rings. The van der Waals surface area contributed by atoms with Crippen LogP contribution in [-0.4, -0.2) is 39.6 Å². The summed E-state index contributed by atoms with van der Waals surface area (Å²) in [5.41, 5.74) is 1.58. The predicted molar refractivity (Wildman–Crippen MR) is 124 cm³/mol. The Bertz CT molecular complexity index is 919. The van der Waals surface area contributed by atoms with E-state index < -0.39 is 0 Å². The van der Waals surface area contributed by atoms with Crippen molar-refractivity contribution < 1.29 is 9.59 Å². The number of hydrogen-bond acceptors (Lipinski definition) is 3. The van der Waals surface area contributed by atoms with Crippen molar-refractivity contribution in [1.82, 2.24) is 14.7 Å². The molecule has 2 heterocycles. The number of nitrogens with zero attached hydrogens (tertiary/aromatic N) is 3. The minimum atomic E-state index is -0.254. The molecule has 2 aromatic rings. The Morgan fingerprint density at radius 2 is 1.77 bits per heavy atom. The maximum absolute atomic E-state index is 13.1. The van der Waals surface area contributed by atoms with Gasteiger partial charge in [0.1, 0.15) is 5.82 Å². The number of amides is 2. The highest BCUT2D eigenvalue weighted by atomic mass is 16.2. The largest absolute Gasteiger partial charge is 0.342 e. The second kappa shape index (κ2) is 8.85. The number of rotatable bonds is 4. The summed E-state index contributed by atoms with van der Waals surface area (Å²) < 4.78 is 1.90. The minimum absolute atomic E-state index is 0.0388. The Labute approximate surface area is 186 Å². The van der Waals surface area contributed by atoms with Gasteiger partial charge < -0.3 is 10.2 Å². The van der Waals surface area contributed by atoms with E-state index in [0.29, 0.717) is 19.5 Å².